The zero-order valence-electron chi connectivity index (χ0n) is 12.2. The Morgan fingerprint density at radius 2 is 2.00 bits per heavy atom. The Balaban J connectivity index is 2.05. The van der Waals surface area contributed by atoms with Crippen LogP contribution in [-0.2, 0) is 6.54 Å². The van der Waals surface area contributed by atoms with Gasteiger partial charge in [-0.3, -0.25) is 4.79 Å². The van der Waals surface area contributed by atoms with Crippen LogP contribution in [0.25, 0.3) is 0 Å². The van der Waals surface area contributed by atoms with Crippen molar-refractivity contribution in [1.29, 1.82) is 0 Å². The van der Waals surface area contributed by atoms with E-state index in [2.05, 4.69) is 10.3 Å². The van der Waals surface area contributed by atoms with E-state index in [0.29, 0.717) is 17.9 Å². The van der Waals surface area contributed by atoms with Crippen molar-refractivity contribution in [3.63, 3.8) is 0 Å². The molecule has 1 aromatic heterocycles. The number of hydrogen-bond acceptors (Lipinski definition) is 4. The Bertz CT molecular complexity index is 609. The molecule has 1 amide bonds. The zero-order valence-corrected chi connectivity index (χ0v) is 12.2. The topological polar surface area (TPSA) is 77.2 Å². The maximum absolute atomic E-state index is 12.1. The van der Waals surface area contributed by atoms with Crippen molar-refractivity contribution in [1.82, 2.24) is 4.98 Å². The highest BCUT2D eigenvalue weighted by atomic mass is 16.5. The Morgan fingerprint density at radius 3 is 2.62 bits per heavy atom. The first-order valence-electron chi connectivity index (χ1n) is 6.81. The summed E-state index contributed by atoms with van der Waals surface area (Å²) < 4.78 is 5.54. The highest BCUT2D eigenvalue weighted by Gasteiger charge is 2.07. The molecule has 1 aromatic carbocycles. The van der Waals surface area contributed by atoms with Gasteiger partial charge in [-0.05, 0) is 55.8 Å². The van der Waals surface area contributed by atoms with Crippen LogP contribution in [0.4, 0.5) is 5.82 Å². The number of anilines is 1. The van der Waals surface area contributed by atoms with Gasteiger partial charge in [-0.2, -0.15) is 0 Å². The molecule has 110 valence electrons. The maximum Gasteiger partial charge on any atom is 0.256 e. The van der Waals surface area contributed by atoms with E-state index in [1.165, 1.54) is 0 Å². The number of nitrogens with two attached hydrogens (primary N) is 1. The summed E-state index contributed by atoms with van der Waals surface area (Å²) in [5.41, 5.74) is 7.03. The normalized spacial score (nSPS) is 10.5. The minimum atomic E-state index is -0.215. The summed E-state index contributed by atoms with van der Waals surface area (Å²) in [5, 5.41) is 2.75. The largest absolute Gasteiger partial charge is 0.491 e. The van der Waals surface area contributed by atoms with Crippen molar-refractivity contribution in [3.05, 3.63) is 53.7 Å². The number of carbonyl (C=O) groups excluding carboxylic acids is 1. The molecule has 0 aliphatic rings. The lowest BCUT2D eigenvalue weighted by molar-refractivity contribution is 0.102. The molecule has 0 aliphatic heterocycles. The zero-order chi connectivity index (χ0) is 15.2. The number of ether oxygens (including phenoxy) is 1. The highest BCUT2D eigenvalue weighted by molar-refractivity contribution is 6.03. The molecule has 21 heavy (non-hydrogen) atoms. The molecule has 0 aliphatic carbocycles. The van der Waals surface area contributed by atoms with E-state index < -0.39 is 0 Å². The average Bonchev–Trinajstić information content (AvgIpc) is 2.47. The smallest absolute Gasteiger partial charge is 0.256 e. The lowest BCUT2D eigenvalue weighted by Gasteiger charge is -2.10. The molecule has 0 spiro atoms. The quantitative estimate of drug-likeness (QED) is 0.885. The fourth-order valence-electron chi connectivity index (χ4n) is 1.82. The lowest BCUT2D eigenvalue weighted by Crippen LogP contribution is -2.13. The average molecular weight is 285 g/mol. The molecule has 0 bridgehead atoms. The van der Waals surface area contributed by atoms with Crippen molar-refractivity contribution in [2.24, 2.45) is 5.73 Å². The number of nitrogens with one attached hydrogen (secondary N) is 1. The fourth-order valence-corrected chi connectivity index (χ4v) is 1.82. The van der Waals surface area contributed by atoms with Crippen molar-refractivity contribution >= 4 is 11.7 Å². The van der Waals surface area contributed by atoms with E-state index in [4.69, 9.17) is 10.5 Å². The lowest BCUT2D eigenvalue weighted by atomic mass is 10.2. The maximum atomic E-state index is 12.1. The number of benzene rings is 1. The van der Waals surface area contributed by atoms with Gasteiger partial charge < -0.3 is 15.8 Å². The molecule has 0 atom stereocenters. The van der Waals surface area contributed by atoms with E-state index in [9.17, 15) is 4.79 Å². The molecule has 2 rings (SSSR count). The molecule has 1 heterocycles. The third-order valence-corrected chi connectivity index (χ3v) is 2.79. The Morgan fingerprint density at radius 1 is 1.29 bits per heavy atom. The van der Waals surface area contributed by atoms with E-state index in [1.807, 2.05) is 19.9 Å². The molecular weight excluding hydrogens is 266 g/mol. The first kappa shape index (κ1) is 15.0. The first-order valence-corrected chi connectivity index (χ1v) is 6.81. The van der Waals surface area contributed by atoms with Crippen LogP contribution in [0.5, 0.6) is 5.75 Å². The molecule has 5 heteroatoms. The van der Waals surface area contributed by atoms with Gasteiger partial charge in [0, 0.05) is 18.3 Å². The van der Waals surface area contributed by atoms with Crippen LogP contribution >= 0.6 is 0 Å². The minimum Gasteiger partial charge on any atom is -0.491 e. The summed E-state index contributed by atoms with van der Waals surface area (Å²) in [5.74, 6) is 1.02. The second-order valence-corrected chi connectivity index (χ2v) is 4.90. The Kier molecular flexibility index (Phi) is 4.90. The Hall–Kier alpha value is -2.40. The van der Waals surface area contributed by atoms with Crippen LogP contribution in [0.2, 0.25) is 0 Å². The standard InChI is InChI=1S/C16H19N3O2/c1-11(2)21-14-5-3-13(4-6-14)16(20)19-15-9-12(10-17)7-8-18-15/h3-9,11H,10,17H2,1-2H3,(H,18,19,20). The molecule has 3 N–H and O–H groups in total. The van der Waals surface area contributed by atoms with Gasteiger partial charge >= 0.3 is 0 Å². The van der Waals surface area contributed by atoms with Crippen LogP contribution in [0.15, 0.2) is 42.6 Å². The van der Waals surface area contributed by atoms with E-state index in [0.717, 1.165) is 11.3 Å². The van der Waals surface area contributed by atoms with Crippen LogP contribution < -0.4 is 15.8 Å². The molecule has 0 unspecified atom stereocenters. The van der Waals surface area contributed by atoms with Gasteiger partial charge in [0.1, 0.15) is 11.6 Å². The second-order valence-electron chi connectivity index (χ2n) is 4.90. The number of carbonyl (C=O) groups is 1. The van der Waals surface area contributed by atoms with Crippen molar-refractivity contribution in [2.75, 3.05) is 5.32 Å². The monoisotopic (exact) mass is 285 g/mol. The predicted molar refractivity (Wildman–Crippen MR) is 82.3 cm³/mol. The molecule has 0 saturated carbocycles. The van der Waals surface area contributed by atoms with Crippen LogP contribution in [0.1, 0.15) is 29.8 Å². The number of amides is 1. The van der Waals surface area contributed by atoms with E-state index >= 15 is 0 Å². The van der Waals surface area contributed by atoms with Gasteiger partial charge in [0.15, 0.2) is 0 Å². The molecular formula is C16H19N3O2. The first-order chi connectivity index (χ1) is 10.1. The van der Waals surface area contributed by atoms with Crippen LogP contribution in [0.3, 0.4) is 0 Å². The number of nitrogens with zero attached hydrogens (tertiary/aromatic N) is 1. The molecule has 0 saturated heterocycles. The van der Waals surface area contributed by atoms with Gasteiger partial charge in [-0.1, -0.05) is 0 Å². The summed E-state index contributed by atoms with van der Waals surface area (Å²) >= 11 is 0. The summed E-state index contributed by atoms with van der Waals surface area (Å²) in [6, 6.07) is 10.6. The summed E-state index contributed by atoms with van der Waals surface area (Å²) in [4.78, 5) is 16.2. The summed E-state index contributed by atoms with van der Waals surface area (Å²) in [6.45, 7) is 4.32. The highest BCUT2D eigenvalue weighted by Crippen LogP contribution is 2.15. The molecule has 0 radical (unpaired) electrons. The van der Waals surface area contributed by atoms with Crippen LogP contribution in [-0.4, -0.2) is 17.0 Å². The van der Waals surface area contributed by atoms with Gasteiger partial charge in [0.25, 0.3) is 5.91 Å². The second kappa shape index (κ2) is 6.85. The summed E-state index contributed by atoms with van der Waals surface area (Å²) in [6.07, 6.45) is 1.73. The van der Waals surface area contributed by atoms with Crippen LogP contribution in [0, 0.1) is 0 Å². The van der Waals surface area contributed by atoms with E-state index in [-0.39, 0.29) is 12.0 Å². The minimum absolute atomic E-state index is 0.105. The van der Waals surface area contributed by atoms with Gasteiger partial charge in [-0.15, -0.1) is 0 Å². The van der Waals surface area contributed by atoms with Crippen molar-refractivity contribution in [2.45, 2.75) is 26.5 Å². The third kappa shape index (κ3) is 4.29. The molecule has 5 nitrogen and oxygen atoms in total. The number of rotatable bonds is 5. The number of pyridine rings is 1. The van der Waals surface area contributed by atoms with Gasteiger partial charge in [0.05, 0.1) is 6.10 Å². The molecule has 0 fully saturated rings. The SMILES string of the molecule is CC(C)Oc1ccc(C(=O)Nc2cc(CN)ccn2)cc1. The Labute approximate surface area is 124 Å². The summed E-state index contributed by atoms with van der Waals surface area (Å²) in [7, 11) is 0. The number of aromatic nitrogens is 1. The van der Waals surface area contributed by atoms with Crippen molar-refractivity contribution in [3.8, 4) is 5.75 Å². The van der Waals surface area contributed by atoms with Gasteiger partial charge in [0.2, 0.25) is 0 Å². The third-order valence-electron chi connectivity index (χ3n) is 2.79. The fraction of sp³-hybridized carbons (Fsp3) is 0.250. The van der Waals surface area contributed by atoms with E-state index in [1.54, 1.807) is 36.5 Å². The van der Waals surface area contributed by atoms with Gasteiger partial charge in [-0.25, -0.2) is 4.98 Å². The van der Waals surface area contributed by atoms with Crippen molar-refractivity contribution < 1.29 is 9.53 Å². The molecule has 2 aromatic rings. The number of hydrogen-bond donors (Lipinski definition) is 2. The predicted octanol–water partition coefficient (Wildman–Crippen LogP) is 2.58.